The molecule has 3 aromatic heterocycles. The molecule has 10 aromatic rings. The number of rotatable bonds is 1. The molecule has 3 nitrogen and oxygen atoms in total. The summed E-state index contributed by atoms with van der Waals surface area (Å²) in [6.07, 6.45) is 2.36. The van der Waals surface area contributed by atoms with Crippen molar-refractivity contribution >= 4 is 93.6 Å². The van der Waals surface area contributed by atoms with Crippen LogP contribution in [0.4, 0.5) is 11.4 Å². The van der Waals surface area contributed by atoms with Crippen LogP contribution in [0, 0.1) is 0 Å². The lowest BCUT2D eigenvalue weighted by Crippen LogP contribution is -2.59. The second-order valence-corrected chi connectivity index (χ2v) is 25.8. The molecule has 0 unspecified atom stereocenters. The van der Waals surface area contributed by atoms with Crippen LogP contribution in [-0.2, 0) is 27.1 Å². The van der Waals surface area contributed by atoms with Crippen LogP contribution in [0.25, 0.3) is 81.8 Å². The van der Waals surface area contributed by atoms with E-state index in [1.54, 1.807) is 0 Å². The van der Waals surface area contributed by atoms with Gasteiger partial charge in [0.1, 0.15) is 11.2 Å². The van der Waals surface area contributed by atoms with Crippen molar-refractivity contribution in [2.75, 3.05) is 4.81 Å². The molecule has 336 valence electrons. The largest absolute Gasteiger partial charge is 0.455 e. The highest BCUT2D eigenvalue weighted by molar-refractivity contribution is 7.32. The highest BCUT2D eigenvalue weighted by Crippen LogP contribution is 2.58. The lowest BCUT2D eigenvalue weighted by atomic mass is 9.46. The van der Waals surface area contributed by atoms with E-state index in [1.807, 2.05) is 11.3 Å². The molecule has 14 rings (SSSR count). The molecule has 5 heteroatoms. The van der Waals surface area contributed by atoms with Crippen molar-refractivity contribution in [3.05, 3.63) is 149 Å². The van der Waals surface area contributed by atoms with Crippen LogP contribution >= 0.6 is 11.3 Å². The molecule has 68 heavy (non-hydrogen) atoms. The van der Waals surface area contributed by atoms with E-state index >= 15 is 0 Å². The quantitative estimate of drug-likeness (QED) is 0.153. The molecule has 0 amide bonds. The molecular weight excluding hydrogens is 844 g/mol. The summed E-state index contributed by atoms with van der Waals surface area (Å²) >= 11 is 2.04. The number of thiophene rings is 1. The van der Waals surface area contributed by atoms with E-state index in [0.29, 0.717) is 0 Å². The van der Waals surface area contributed by atoms with Gasteiger partial charge < -0.3 is 13.8 Å². The Balaban J connectivity index is 1.23. The molecule has 0 saturated heterocycles. The number of nitrogens with zero attached hydrogens (tertiary/aromatic N) is 2. The van der Waals surface area contributed by atoms with Crippen LogP contribution in [0.5, 0.6) is 0 Å². The van der Waals surface area contributed by atoms with Gasteiger partial charge in [0, 0.05) is 53.4 Å². The molecule has 0 atom stereocenters. The van der Waals surface area contributed by atoms with Gasteiger partial charge in [-0.25, -0.2) is 0 Å². The van der Waals surface area contributed by atoms with Gasteiger partial charge in [-0.05, 0) is 145 Å². The predicted octanol–water partition coefficient (Wildman–Crippen LogP) is 16.4. The molecule has 4 aliphatic rings. The number of aromatic nitrogens is 1. The maximum absolute atomic E-state index is 7.35. The summed E-state index contributed by atoms with van der Waals surface area (Å²) in [4.78, 5) is 2.76. The van der Waals surface area contributed by atoms with Crippen molar-refractivity contribution in [1.29, 1.82) is 0 Å². The summed E-state index contributed by atoms with van der Waals surface area (Å²) < 4.78 is 12.8. The molecule has 0 bridgehead atoms. The van der Waals surface area contributed by atoms with Gasteiger partial charge in [-0.2, -0.15) is 0 Å². The Morgan fingerprint density at radius 2 is 1.26 bits per heavy atom. The van der Waals surface area contributed by atoms with Crippen molar-refractivity contribution in [3.63, 3.8) is 0 Å². The van der Waals surface area contributed by atoms with E-state index < -0.39 is 0 Å². The first-order valence-corrected chi connectivity index (χ1v) is 25.8. The van der Waals surface area contributed by atoms with Gasteiger partial charge in [0.25, 0.3) is 0 Å². The Morgan fingerprint density at radius 3 is 2.00 bits per heavy atom. The standard InChI is InChI=1S/C63H59BN2OS/c1-59(2,3)34-21-24-36(25-22-34)66-48-32-44-39(37-17-13-15-19-43(37)63(44,11)12)30-41(48)51-52-38-18-14-16-20-49(38)67-57(52)53-40-29-35(60(4,5)6)23-26-47(40)65-55-42-31-45-46(62(9,10)28-27-61(45,7)8)33-50(42)68-58(55)64(66)54(51)56(53)65/h13-26,29-33H,27-28H2,1-12H3. The van der Waals surface area contributed by atoms with E-state index in [9.17, 15) is 0 Å². The Hall–Kier alpha value is -6.04. The summed E-state index contributed by atoms with van der Waals surface area (Å²) in [5, 5.41) is 6.26. The zero-order valence-electron chi connectivity index (χ0n) is 41.7. The zero-order valence-corrected chi connectivity index (χ0v) is 42.5. The van der Waals surface area contributed by atoms with Gasteiger partial charge in [-0.1, -0.05) is 144 Å². The van der Waals surface area contributed by atoms with E-state index in [-0.39, 0.29) is 33.9 Å². The molecule has 0 fully saturated rings. The van der Waals surface area contributed by atoms with Crippen molar-refractivity contribution in [3.8, 4) is 27.9 Å². The summed E-state index contributed by atoms with van der Waals surface area (Å²) in [7, 11) is 0. The van der Waals surface area contributed by atoms with Crippen LogP contribution in [-0.4, -0.2) is 11.4 Å². The first-order chi connectivity index (χ1) is 32.2. The third-order valence-electron chi connectivity index (χ3n) is 17.3. The number of anilines is 2. The number of hydrogen-bond acceptors (Lipinski definition) is 3. The monoisotopic (exact) mass is 902 g/mol. The smallest absolute Gasteiger partial charge is 0.343 e. The molecular formula is C63H59BN2OS. The summed E-state index contributed by atoms with van der Waals surface area (Å²) in [5.41, 5.74) is 23.4. The third kappa shape index (κ3) is 5.11. The molecule has 0 N–H and O–H groups in total. The first-order valence-electron chi connectivity index (χ1n) is 25.0. The Kier molecular flexibility index (Phi) is 7.70. The second kappa shape index (κ2) is 12.8. The lowest BCUT2D eigenvalue weighted by Gasteiger charge is -2.42. The molecule has 5 heterocycles. The molecule has 2 aliphatic heterocycles. The van der Waals surface area contributed by atoms with Crippen molar-refractivity contribution in [1.82, 2.24) is 4.57 Å². The first kappa shape index (κ1) is 41.0. The predicted molar refractivity (Wildman–Crippen MR) is 293 cm³/mol. The average Bonchev–Trinajstić information content (AvgIpc) is 4.03. The van der Waals surface area contributed by atoms with Gasteiger partial charge in [-0.15, -0.1) is 11.3 Å². The van der Waals surface area contributed by atoms with Crippen LogP contribution in [0.2, 0.25) is 0 Å². The van der Waals surface area contributed by atoms with Crippen LogP contribution in [0.3, 0.4) is 0 Å². The normalized spacial score (nSPS) is 17.3. The molecule has 0 spiro atoms. The Morgan fingerprint density at radius 1 is 0.588 bits per heavy atom. The number of benzene rings is 7. The molecule has 0 radical (unpaired) electrons. The highest BCUT2D eigenvalue weighted by atomic mass is 32.1. The van der Waals surface area contributed by atoms with Crippen molar-refractivity contribution in [2.24, 2.45) is 0 Å². The number of fused-ring (bicyclic) bond motifs is 19. The molecule has 2 aliphatic carbocycles. The van der Waals surface area contributed by atoms with Gasteiger partial charge in [0.2, 0.25) is 0 Å². The van der Waals surface area contributed by atoms with E-state index in [2.05, 4.69) is 208 Å². The van der Waals surface area contributed by atoms with Gasteiger partial charge in [-0.3, -0.25) is 0 Å². The maximum atomic E-state index is 7.35. The van der Waals surface area contributed by atoms with Gasteiger partial charge in [0.15, 0.2) is 0 Å². The van der Waals surface area contributed by atoms with Crippen LogP contribution in [0.1, 0.15) is 129 Å². The van der Waals surface area contributed by atoms with Crippen molar-refractivity contribution < 1.29 is 4.42 Å². The Labute approximate surface area is 404 Å². The average molecular weight is 903 g/mol. The summed E-state index contributed by atoms with van der Waals surface area (Å²) in [6, 6.07) is 45.3. The van der Waals surface area contributed by atoms with Crippen molar-refractivity contribution in [2.45, 2.75) is 123 Å². The molecule has 7 aromatic carbocycles. The van der Waals surface area contributed by atoms with Gasteiger partial charge >= 0.3 is 6.85 Å². The van der Waals surface area contributed by atoms with Crippen LogP contribution in [0.15, 0.2) is 120 Å². The molecule has 0 saturated carbocycles. The maximum Gasteiger partial charge on any atom is 0.343 e. The minimum absolute atomic E-state index is 0.0265. The highest BCUT2D eigenvalue weighted by Gasteiger charge is 2.50. The Bertz CT molecular complexity index is 3910. The number of para-hydroxylation sites is 1. The van der Waals surface area contributed by atoms with E-state index in [4.69, 9.17) is 4.42 Å². The SMILES string of the molecule is CC(C)(C)c1ccc(N2B3c4sc5cc6c(cc5c4-n4c5ccc(C(C)(C)C)cc5c5c7oc8ccccc8c7c(c3c54)-c3cc4c(cc32)C(C)(C)c2ccccc2-4)C(C)(C)CCC6(C)C)cc1. The van der Waals surface area contributed by atoms with E-state index in [0.717, 1.165) is 11.2 Å². The number of furan rings is 1. The topological polar surface area (TPSA) is 21.3 Å². The summed E-state index contributed by atoms with van der Waals surface area (Å²) in [5.74, 6) is 0. The second-order valence-electron chi connectivity index (χ2n) is 24.8. The summed E-state index contributed by atoms with van der Waals surface area (Å²) in [6.45, 7) is 28.6. The van der Waals surface area contributed by atoms with Gasteiger partial charge in [0.05, 0.1) is 22.1 Å². The van der Waals surface area contributed by atoms with E-state index in [1.165, 1.54) is 138 Å². The minimum Gasteiger partial charge on any atom is -0.455 e. The lowest BCUT2D eigenvalue weighted by molar-refractivity contribution is 0.332. The van der Waals surface area contributed by atoms with Crippen LogP contribution < -0.4 is 15.1 Å². The minimum atomic E-state index is -0.171. The fourth-order valence-electron chi connectivity index (χ4n) is 13.4. The third-order valence-corrected chi connectivity index (χ3v) is 18.5. The fraction of sp³-hybridized carbons (Fsp3) is 0.302. The zero-order chi connectivity index (χ0) is 46.9. The number of hydrogen-bond donors (Lipinski definition) is 0. The fourth-order valence-corrected chi connectivity index (χ4v) is 14.7.